The van der Waals surface area contributed by atoms with Crippen LogP contribution in [-0.4, -0.2) is 90.1 Å². The van der Waals surface area contributed by atoms with Crippen LogP contribution in [0.25, 0.3) is 0 Å². The van der Waals surface area contributed by atoms with Gasteiger partial charge in [0.1, 0.15) is 18.9 Å². The largest absolute Gasteiger partial charge is 0.456 e. The fraction of sp³-hybridized carbons (Fsp3) is 0.455. The summed E-state index contributed by atoms with van der Waals surface area (Å²) >= 11 is 2.83. The number of hydrogen-bond donors (Lipinski definition) is 2. The number of aliphatic hydroxyl groups is 1. The van der Waals surface area contributed by atoms with Gasteiger partial charge in [-0.3, -0.25) is 29.8 Å². The molecule has 2 aromatic carbocycles. The number of nitrogens with zero attached hydrogens (tertiary/aromatic N) is 4. The monoisotopic (exact) mass is 743 g/mol. The minimum atomic E-state index is -0.947. The zero-order valence-corrected chi connectivity index (χ0v) is 29.4. The van der Waals surface area contributed by atoms with E-state index < -0.39 is 51.8 Å². The molecule has 3 N–H and O–H groups in total. The minimum Gasteiger partial charge on any atom is -0.456 e. The third-order valence-corrected chi connectivity index (χ3v) is 11.6. The molecule has 0 spiro atoms. The molecule has 272 valence electrons. The molecule has 0 radical (unpaired) electrons. The van der Waals surface area contributed by atoms with Crippen molar-refractivity contribution in [3.8, 4) is 0 Å². The number of esters is 1. The maximum atomic E-state index is 13.7. The molecule has 5 rings (SSSR count). The van der Waals surface area contributed by atoms with E-state index in [2.05, 4.69) is 0 Å². The van der Waals surface area contributed by atoms with Gasteiger partial charge in [0.05, 0.1) is 27.9 Å². The molecule has 1 unspecified atom stereocenters. The fourth-order valence-electron chi connectivity index (χ4n) is 6.45. The number of thioether (sulfide) groups is 2. The summed E-state index contributed by atoms with van der Waals surface area (Å²) in [6, 6.07) is 10.4. The highest BCUT2D eigenvalue weighted by molar-refractivity contribution is 8.03. The molecule has 0 bridgehead atoms. The lowest BCUT2D eigenvalue weighted by molar-refractivity contribution is -0.385. The zero-order valence-electron chi connectivity index (χ0n) is 27.7. The van der Waals surface area contributed by atoms with Crippen molar-refractivity contribution >= 4 is 58.8 Å². The van der Waals surface area contributed by atoms with Crippen LogP contribution in [0.3, 0.4) is 0 Å². The van der Waals surface area contributed by atoms with Gasteiger partial charge in [0, 0.05) is 70.9 Å². The molecule has 6 atom stereocenters. The van der Waals surface area contributed by atoms with Crippen LogP contribution >= 0.6 is 23.5 Å². The number of ether oxygens (including phenoxy) is 2. The smallest absolute Gasteiger partial charge is 0.410 e. The van der Waals surface area contributed by atoms with Gasteiger partial charge in [-0.1, -0.05) is 6.92 Å². The van der Waals surface area contributed by atoms with E-state index in [4.69, 9.17) is 15.2 Å². The maximum Gasteiger partial charge on any atom is 0.410 e. The summed E-state index contributed by atoms with van der Waals surface area (Å²) in [5.41, 5.74) is 6.25. The standard InChI is InChI=1S/C33H37N5O11S2/c1-18-28-27(19(2)39)31(41)36(28)29(32(42)48-15-20-3-7-22(8-4-20)37(44)45)30(18)51-25-13-24(17-50-12-11-26(34)40)35(14-25)33(43)49-16-21-5-9-23(10-6-21)38(46)47/h3-10,18-19,24-25,27-28,39H,11-17H2,1-2H3,(H2,34,40)/t18-,19-,24+,25+,27-,28?/m1/s1. The van der Waals surface area contributed by atoms with Gasteiger partial charge in [-0.15, -0.1) is 11.8 Å². The van der Waals surface area contributed by atoms with Crippen LogP contribution in [0.1, 0.15) is 37.8 Å². The van der Waals surface area contributed by atoms with E-state index in [1.165, 1.54) is 83.9 Å². The van der Waals surface area contributed by atoms with Crippen molar-refractivity contribution in [2.75, 3.05) is 18.1 Å². The SMILES string of the molecule is C[C@H]1C(S[C@H]2C[C@@H](CSCCC(N)=O)N(C(=O)OCc3ccc([N+](=O)[O-])cc3)C2)=C(C(=O)OCc2ccc([N+](=O)[O-])cc2)N2C(=O)[C@H]([C@@H](C)O)C12. The summed E-state index contributed by atoms with van der Waals surface area (Å²) < 4.78 is 11.2. The molecule has 51 heavy (non-hydrogen) atoms. The van der Waals surface area contributed by atoms with Crippen LogP contribution < -0.4 is 5.73 Å². The molecule has 3 heterocycles. The summed E-state index contributed by atoms with van der Waals surface area (Å²) in [6.45, 7) is 3.34. The van der Waals surface area contributed by atoms with Crippen molar-refractivity contribution in [2.24, 2.45) is 17.6 Å². The number of nitrogens with two attached hydrogens (primary N) is 1. The van der Waals surface area contributed by atoms with E-state index >= 15 is 0 Å². The highest BCUT2D eigenvalue weighted by atomic mass is 32.2. The van der Waals surface area contributed by atoms with Crippen molar-refractivity contribution in [2.45, 2.75) is 63.3 Å². The number of likely N-dealkylation sites (tertiary alicyclic amines) is 1. The zero-order chi connectivity index (χ0) is 37.0. The Bertz CT molecular complexity index is 1720. The second kappa shape index (κ2) is 16.1. The number of primary amides is 1. The molecule has 0 aromatic heterocycles. The van der Waals surface area contributed by atoms with E-state index in [-0.39, 0.29) is 60.5 Å². The van der Waals surface area contributed by atoms with Gasteiger partial charge >= 0.3 is 12.1 Å². The third-order valence-electron chi connectivity index (χ3n) is 9.04. The number of carbonyl (C=O) groups excluding carboxylic acids is 4. The fourth-order valence-corrected chi connectivity index (χ4v) is 9.11. The average molecular weight is 744 g/mol. The van der Waals surface area contributed by atoms with Gasteiger partial charge < -0.3 is 30.1 Å². The third kappa shape index (κ3) is 8.45. The van der Waals surface area contributed by atoms with E-state index in [9.17, 15) is 44.5 Å². The Morgan fingerprint density at radius 2 is 1.57 bits per heavy atom. The summed E-state index contributed by atoms with van der Waals surface area (Å²) in [5, 5.41) is 32.2. The Hall–Kier alpha value is -4.68. The number of β-lactam (4-membered cyclic amide) rings is 1. The first-order valence-corrected chi connectivity index (χ1v) is 18.1. The van der Waals surface area contributed by atoms with Gasteiger partial charge in [-0.25, -0.2) is 9.59 Å². The van der Waals surface area contributed by atoms with Crippen molar-refractivity contribution in [1.82, 2.24) is 9.80 Å². The number of carbonyl (C=O) groups is 4. The number of amides is 3. The quantitative estimate of drug-likeness (QED) is 0.0873. The van der Waals surface area contributed by atoms with Gasteiger partial charge in [0.2, 0.25) is 11.8 Å². The average Bonchev–Trinajstić information content (AvgIpc) is 3.60. The number of aliphatic hydroxyl groups excluding tert-OH is 1. The molecule has 3 amide bonds. The first-order valence-electron chi connectivity index (χ1n) is 16.1. The normalized spacial score (nSPS) is 23.0. The Labute approximate surface area is 301 Å². The Morgan fingerprint density at radius 1 is 1.00 bits per heavy atom. The number of hydrogen-bond acceptors (Lipinski definition) is 13. The van der Waals surface area contributed by atoms with Crippen molar-refractivity contribution in [3.63, 3.8) is 0 Å². The number of rotatable bonds is 15. The Morgan fingerprint density at radius 3 is 2.10 bits per heavy atom. The number of benzene rings is 2. The van der Waals surface area contributed by atoms with Crippen LogP contribution in [0.4, 0.5) is 16.2 Å². The Balaban J connectivity index is 1.33. The second-order valence-corrected chi connectivity index (χ2v) is 15.0. The minimum absolute atomic E-state index is 0.0768. The predicted molar refractivity (Wildman–Crippen MR) is 186 cm³/mol. The molecule has 3 aliphatic rings. The van der Waals surface area contributed by atoms with E-state index in [1.807, 2.05) is 6.92 Å². The van der Waals surface area contributed by atoms with Crippen LogP contribution in [0.2, 0.25) is 0 Å². The topological polar surface area (TPSA) is 226 Å². The van der Waals surface area contributed by atoms with Crippen molar-refractivity contribution in [3.05, 3.63) is 90.5 Å². The lowest BCUT2D eigenvalue weighted by atomic mass is 9.79. The van der Waals surface area contributed by atoms with E-state index in [1.54, 1.807) is 4.90 Å². The Kier molecular flexibility index (Phi) is 11.9. The van der Waals surface area contributed by atoms with Gasteiger partial charge in [-0.2, -0.15) is 11.8 Å². The van der Waals surface area contributed by atoms with Crippen molar-refractivity contribution in [1.29, 1.82) is 0 Å². The first kappa shape index (κ1) is 37.6. The first-order chi connectivity index (χ1) is 24.3. The molecule has 18 heteroatoms. The number of nitro benzene ring substituents is 2. The second-order valence-electron chi connectivity index (χ2n) is 12.5. The van der Waals surface area contributed by atoms with Gasteiger partial charge in [-0.05, 0) is 48.7 Å². The number of nitro groups is 2. The lowest BCUT2D eigenvalue weighted by Gasteiger charge is -2.46. The highest BCUT2D eigenvalue weighted by Gasteiger charge is 2.60. The van der Waals surface area contributed by atoms with Crippen LogP contribution in [0.5, 0.6) is 0 Å². The molecule has 0 aliphatic carbocycles. The molecule has 16 nitrogen and oxygen atoms in total. The highest BCUT2D eigenvalue weighted by Crippen LogP contribution is 2.52. The van der Waals surface area contributed by atoms with Gasteiger partial charge in [0.15, 0.2) is 0 Å². The molecular weight excluding hydrogens is 707 g/mol. The maximum absolute atomic E-state index is 13.7. The van der Waals surface area contributed by atoms with Crippen molar-refractivity contribution < 1.29 is 43.6 Å². The van der Waals surface area contributed by atoms with E-state index in [0.29, 0.717) is 34.0 Å². The molecule has 2 saturated heterocycles. The summed E-state index contributed by atoms with van der Waals surface area (Å²) in [4.78, 5) is 76.1. The number of non-ortho nitro benzene ring substituents is 2. The number of fused-ring (bicyclic) bond motifs is 1. The molecule has 2 fully saturated rings. The molecular formula is C33H37N5O11S2. The molecule has 2 aromatic rings. The van der Waals surface area contributed by atoms with Gasteiger partial charge in [0.25, 0.3) is 11.4 Å². The van der Waals surface area contributed by atoms with Crippen LogP contribution in [0, 0.1) is 32.1 Å². The summed E-state index contributed by atoms with van der Waals surface area (Å²) in [6.07, 6.45) is -0.870. The van der Waals surface area contributed by atoms with Crippen LogP contribution in [0.15, 0.2) is 59.1 Å². The van der Waals surface area contributed by atoms with Crippen LogP contribution in [-0.2, 0) is 37.1 Å². The summed E-state index contributed by atoms with van der Waals surface area (Å²) in [5.74, 6) is -1.69. The lowest BCUT2D eigenvalue weighted by Crippen LogP contribution is -2.63. The molecule has 3 aliphatic heterocycles. The predicted octanol–water partition coefficient (Wildman–Crippen LogP) is 3.74. The molecule has 0 saturated carbocycles. The van der Waals surface area contributed by atoms with E-state index in [0.717, 1.165) is 0 Å². The summed E-state index contributed by atoms with van der Waals surface area (Å²) in [7, 11) is 0.